The predicted molar refractivity (Wildman–Crippen MR) is 145 cm³/mol. The molecule has 36 heavy (non-hydrogen) atoms. The Hall–Kier alpha value is -3.79. The molecule has 0 fully saturated rings. The molecule has 0 saturated heterocycles. The van der Waals surface area contributed by atoms with Crippen molar-refractivity contribution in [2.45, 2.75) is 13.8 Å². The summed E-state index contributed by atoms with van der Waals surface area (Å²) in [6.45, 7) is 4.72. The molecule has 0 bridgehead atoms. The number of hydrogen-bond acceptors (Lipinski definition) is 8. The maximum Gasteiger partial charge on any atom is 0.231 e. The minimum Gasteiger partial charge on any atom is -0.491 e. The van der Waals surface area contributed by atoms with Crippen LogP contribution >= 0.6 is 11.3 Å². The zero-order valence-electron chi connectivity index (χ0n) is 20.5. The van der Waals surface area contributed by atoms with Crippen molar-refractivity contribution in [1.82, 2.24) is 9.97 Å². The summed E-state index contributed by atoms with van der Waals surface area (Å²) in [5, 5.41) is 4.48. The van der Waals surface area contributed by atoms with Gasteiger partial charge in [-0.05, 0) is 68.5 Å². The number of nitrogens with one attached hydrogen (secondary N) is 1. The number of nitrogens with zero attached hydrogens (tertiary/aromatic N) is 3. The molecule has 2 heterocycles. The first-order valence-corrected chi connectivity index (χ1v) is 12.4. The minimum absolute atomic E-state index is 0.162. The van der Waals surface area contributed by atoms with Crippen LogP contribution in [0.5, 0.6) is 5.75 Å². The quantitative estimate of drug-likeness (QED) is 0.178. The Morgan fingerprint density at radius 2 is 1.97 bits per heavy atom. The van der Waals surface area contributed by atoms with Gasteiger partial charge in [0.15, 0.2) is 0 Å². The van der Waals surface area contributed by atoms with Gasteiger partial charge in [0.05, 0.1) is 33.9 Å². The Labute approximate surface area is 214 Å². The van der Waals surface area contributed by atoms with E-state index in [-0.39, 0.29) is 5.91 Å². The molecule has 0 aliphatic rings. The molecule has 9 heteroatoms. The summed E-state index contributed by atoms with van der Waals surface area (Å²) < 4.78 is 11.6. The van der Waals surface area contributed by atoms with Crippen LogP contribution in [0.25, 0.3) is 15.9 Å². The van der Waals surface area contributed by atoms with Crippen LogP contribution in [0.4, 0.5) is 11.5 Å². The van der Waals surface area contributed by atoms with Crippen LogP contribution in [0.1, 0.15) is 18.2 Å². The highest BCUT2D eigenvalue weighted by Gasteiger charge is 2.18. The third kappa shape index (κ3) is 6.25. The van der Waals surface area contributed by atoms with Gasteiger partial charge in [-0.15, -0.1) is 11.3 Å². The predicted octanol–water partition coefficient (Wildman–Crippen LogP) is 5.02. The van der Waals surface area contributed by atoms with Crippen LogP contribution in [0.2, 0.25) is 0 Å². The molecular formula is C27H29N5O3S. The highest BCUT2D eigenvalue weighted by atomic mass is 32.1. The lowest BCUT2D eigenvalue weighted by Crippen LogP contribution is -2.31. The maximum atomic E-state index is 13.1. The average molecular weight is 504 g/mol. The summed E-state index contributed by atoms with van der Waals surface area (Å²) in [6, 6.07) is 18.8. The number of fused-ring (bicyclic) bond motifs is 1. The van der Waals surface area contributed by atoms with Crippen molar-refractivity contribution in [3.63, 3.8) is 0 Å². The molecule has 0 aliphatic carbocycles. The maximum absolute atomic E-state index is 13.1. The summed E-state index contributed by atoms with van der Waals surface area (Å²) in [5.74, 6) is 7.22. The van der Waals surface area contributed by atoms with Crippen molar-refractivity contribution in [3.05, 3.63) is 83.5 Å². The van der Waals surface area contributed by atoms with E-state index in [1.807, 2.05) is 74.0 Å². The van der Waals surface area contributed by atoms with E-state index in [1.54, 1.807) is 30.6 Å². The normalized spacial score (nSPS) is 12.4. The number of methoxy groups -OCH3 is 1. The number of rotatable bonds is 10. The molecular weight excluding hydrogens is 474 g/mol. The summed E-state index contributed by atoms with van der Waals surface area (Å²) in [4.78, 5) is 22.0. The lowest BCUT2D eigenvalue weighted by Gasteiger charge is -2.23. The highest BCUT2D eigenvalue weighted by molar-refractivity contribution is 7.16. The Kier molecular flexibility index (Phi) is 8.27. The molecule has 1 atom stereocenters. The van der Waals surface area contributed by atoms with Crippen molar-refractivity contribution < 1.29 is 14.3 Å². The third-order valence-electron chi connectivity index (χ3n) is 5.51. The van der Waals surface area contributed by atoms with E-state index in [2.05, 4.69) is 15.3 Å². The Morgan fingerprint density at radius 1 is 1.17 bits per heavy atom. The Balaban J connectivity index is 1.57. The van der Waals surface area contributed by atoms with Crippen LogP contribution in [0, 0.1) is 12.8 Å². The number of anilines is 2. The molecule has 0 radical (unpaired) electrons. The fourth-order valence-electron chi connectivity index (χ4n) is 3.56. The van der Waals surface area contributed by atoms with Crippen molar-refractivity contribution in [1.29, 1.82) is 0 Å². The number of ether oxygens (including phenoxy) is 2. The molecule has 0 saturated carbocycles. The molecule has 2 aromatic heterocycles. The second-order valence-electron chi connectivity index (χ2n) is 8.24. The van der Waals surface area contributed by atoms with Crippen LogP contribution in [-0.2, 0) is 9.53 Å². The number of amides is 1. The lowest BCUT2D eigenvalue weighted by molar-refractivity contribution is -0.118. The van der Waals surface area contributed by atoms with Gasteiger partial charge in [0.25, 0.3) is 0 Å². The van der Waals surface area contributed by atoms with E-state index in [4.69, 9.17) is 15.3 Å². The van der Waals surface area contributed by atoms with E-state index in [0.29, 0.717) is 36.2 Å². The van der Waals surface area contributed by atoms with Gasteiger partial charge in [0.1, 0.15) is 18.2 Å². The summed E-state index contributed by atoms with van der Waals surface area (Å²) in [5.41, 5.74) is 5.80. The van der Waals surface area contributed by atoms with Gasteiger partial charge in [0.2, 0.25) is 5.91 Å². The van der Waals surface area contributed by atoms with Crippen molar-refractivity contribution in [2.75, 3.05) is 30.6 Å². The van der Waals surface area contributed by atoms with Gasteiger partial charge in [0, 0.05) is 24.1 Å². The van der Waals surface area contributed by atoms with Crippen LogP contribution in [0.3, 0.4) is 0 Å². The number of aromatic nitrogens is 2. The fraction of sp³-hybridized carbons (Fsp3) is 0.222. The number of pyridine rings is 1. The van der Waals surface area contributed by atoms with E-state index in [1.165, 1.54) is 5.01 Å². The van der Waals surface area contributed by atoms with Crippen molar-refractivity contribution >= 4 is 44.7 Å². The Morgan fingerprint density at radius 3 is 2.72 bits per heavy atom. The molecule has 2 aromatic carbocycles. The van der Waals surface area contributed by atoms with E-state index in [9.17, 15) is 4.79 Å². The molecule has 1 amide bonds. The molecule has 186 valence electrons. The van der Waals surface area contributed by atoms with Crippen molar-refractivity contribution in [3.8, 4) is 5.75 Å². The number of hydrogen-bond donors (Lipinski definition) is 2. The first-order chi connectivity index (χ1) is 17.4. The second kappa shape index (κ2) is 11.8. The van der Waals surface area contributed by atoms with Gasteiger partial charge in [-0.3, -0.25) is 9.80 Å². The molecule has 4 rings (SSSR count). The minimum atomic E-state index is -0.481. The van der Waals surface area contributed by atoms with Crippen LogP contribution in [0.15, 0.2) is 72.3 Å². The molecule has 0 spiro atoms. The Bertz CT molecular complexity index is 1350. The van der Waals surface area contributed by atoms with Gasteiger partial charge < -0.3 is 14.8 Å². The summed E-state index contributed by atoms with van der Waals surface area (Å²) in [6.07, 6.45) is 1.85. The van der Waals surface area contributed by atoms with Gasteiger partial charge in [-0.25, -0.2) is 15.8 Å². The number of carbonyl (C=O) groups excluding carboxylic acids is 1. The number of aryl methyl sites for hydroxylation is 1. The first-order valence-electron chi connectivity index (χ1n) is 11.5. The zero-order chi connectivity index (χ0) is 25.5. The van der Waals surface area contributed by atoms with E-state index in [0.717, 1.165) is 21.5 Å². The summed E-state index contributed by atoms with van der Waals surface area (Å²) in [7, 11) is 1.63. The molecule has 4 aromatic rings. The first kappa shape index (κ1) is 25.3. The van der Waals surface area contributed by atoms with Crippen LogP contribution < -0.4 is 20.9 Å². The largest absolute Gasteiger partial charge is 0.491 e. The van der Waals surface area contributed by atoms with Crippen molar-refractivity contribution in [2.24, 2.45) is 11.8 Å². The molecule has 3 N–H and O–H groups in total. The van der Waals surface area contributed by atoms with E-state index >= 15 is 0 Å². The SMILES string of the molecule is COCCOc1ccc(NC(=O)C(C)/C=C(/c2ccc3ncsc3c2)N(N)c2cccc(C)n2)cc1. The molecule has 8 nitrogen and oxygen atoms in total. The third-order valence-corrected chi connectivity index (χ3v) is 6.30. The van der Waals surface area contributed by atoms with E-state index < -0.39 is 5.92 Å². The fourth-order valence-corrected chi connectivity index (χ4v) is 4.28. The zero-order valence-corrected chi connectivity index (χ0v) is 21.3. The standard InChI is InChI=1S/C27H29N5O3S/c1-18(27(33)31-21-8-10-22(11-9-21)35-14-13-34-3)15-24(32(28)26-6-4-5-19(2)30-26)20-7-12-23-25(16-20)36-17-29-23/h4-12,15-18H,13-14,28H2,1-3H3,(H,31,33)/b24-15-. The number of carbonyl (C=O) groups is 1. The van der Waals surface area contributed by atoms with Gasteiger partial charge >= 0.3 is 0 Å². The lowest BCUT2D eigenvalue weighted by atomic mass is 10.0. The summed E-state index contributed by atoms with van der Waals surface area (Å²) >= 11 is 1.55. The van der Waals surface area contributed by atoms with Crippen LogP contribution in [-0.4, -0.2) is 36.2 Å². The number of nitrogens with two attached hydrogens (primary N) is 1. The topological polar surface area (TPSA) is 103 Å². The average Bonchev–Trinajstić information content (AvgIpc) is 3.36. The smallest absolute Gasteiger partial charge is 0.231 e. The number of benzene rings is 2. The molecule has 0 aliphatic heterocycles. The monoisotopic (exact) mass is 503 g/mol. The second-order valence-corrected chi connectivity index (χ2v) is 9.12. The van der Waals surface area contributed by atoms with Gasteiger partial charge in [-0.2, -0.15) is 0 Å². The number of hydrazine groups is 1. The number of thiazole rings is 1. The van der Waals surface area contributed by atoms with Gasteiger partial charge in [-0.1, -0.05) is 12.1 Å². The highest BCUT2D eigenvalue weighted by Crippen LogP contribution is 2.28. The molecule has 1 unspecified atom stereocenters.